The zero-order chi connectivity index (χ0) is 9.68. The van der Waals surface area contributed by atoms with E-state index in [4.69, 9.17) is 16.7 Å². The fraction of sp³-hybridized carbons (Fsp3) is 0.556. The van der Waals surface area contributed by atoms with E-state index >= 15 is 0 Å². The fourth-order valence-corrected chi connectivity index (χ4v) is 2.05. The van der Waals surface area contributed by atoms with E-state index < -0.39 is 0 Å². The number of aliphatic hydroxyl groups is 1. The van der Waals surface area contributed by atoms with Gasteiger partial charge in [0.05, 0.1) is 4.34 Å². The van der Waals surface area contributed by atoms with Crippen molar-refractivity contribution in [2.24, 2.45) is 0 Å². The molecule has 0 amide bonds. The van der Waals surface area contributed by atoms with Gasteiger partial charge >= 0.3 is 0 Å². The van der Waals surface area contributed by atoms with Crippen LogP contribution in [0, 0.1) is 0 Å². The van der Waals surface area contributed by atoms with Crippen molar-refractivity contribution in [3.8, 4) is 0 Å². The van der Waals surface area contributed by atoms with E-state index in [1.54, 1.807) is 11.3 Å². The first-order chi connectivity index (χ1) is 6.24. The lowest BCUT2D eigenvalue weighted by atomic mass is 10.2. The predicted octanol–water partition coefficient (Wildman–Crippen LogP) is 2.43. The van der Waals surface area contributed by atoms with Crippen molar-refractivity contribution in [3.05, 3.63) is 21.3 Å². The van der Waals surface area contributed by atoms with E-state index in [0.717, 1.165) is 17.3 Å². The van der Waals surface area contributed by atoms with Crippen molar-refractivity contribution < 1.29 is 5.11 Å². The summed E-state index contributed by atoms with van der Waals surface area (Å²) < 4.78 is 0.825. The molecule has 0 radical (unpaired) electrons. The second kappa shape index (κ2) is 5.60. The lowest BCUT2D eigenvalue weighted by molar-refractivity contribution is 0.284. The molecule has 0 fully saturated rings. The van der Waals surface area contributed by atoms with E-state index in [0.29, 0.717) is 6.04 Å². The standard InChI is InChI=1S/C9H14ClNOS/c1-7(11-3-2-4-12)8-5-9(10)13-6-8/h5-7,11-12H,2-4H2,1H3. The zero-order valence-corrected chi connectivity index (χ0v) is 9.16. The zero-order valence-electron chi connectivity index (χ0n) is 7.59. The van der Waals surface area contributed by atoms with Gasteiger partial charge in [-0.15, -0.1) is 11.3 Å². The molecule has 2 nitrogen and oxygen atoms in total. The Kier molecular flexibility index (Phi) is 4.73. The van der Waals surface area contributed by atoms with Gasteiger partial charge in [-0.25, -0.2) is 0 Å². The number of hydrogen-bond acceptors (Lipinski definition) is 3. The maximum Gasteiger partial charge on any atom is 0.0931 e. The molecule has 2 N–H and O–H groups in total. The second-order valence-corrected chi connectivity index (χ2v) is 4.48. The van der Waals surface area contributed by atoms with Gasteiger partial charge in [0.1, 0.15) is 0 Å². The fourth-order valence-electron chi connectivity index (χ4n) is 1.07. The molecule has 0 saturated carbocycles. The lowest BCUT2D eigenvalue weighted by Gasteiger charge is -2.11. The van der Waals surface area contributed by atoms with Gasteiger partial charge in [0.2, 0.25) is 0 Å². The largest absolute Gasteiger partial charge is 0.396 e. The van der Waals surface area contributed by atoms with Gasteiger partial charge in [0.25, 0.3) is 0 Å². The third-order valence-corrected chi connectivity index (χ3v) is 2.98. The molecule has 1 unspecified atom stereocenters. The van der Waals surface area contributed by atoms with Gasteiger partial charge in [-0.2, -0.15) is 0 Å². The number of aliphatic hydroxyl groups excluding tert-OH is 1. The summed E-state index contributed by atoms with van der Waals surface area (Å²) in [6, 6.07) is 2.29. The van der Waals surface area contributed by atoms with Crippen molar-refractivity contribution in [2.75, 3.05) is 13.2 Å². The molecule has 0 aliphatic heterocycles. The molecule has 13 heavy (non-hydrogen) atoms. The van der Waals surface area contributed by atoms with Crippen molar-refractivity contribution >= 4 is 22.9 Å². The predicted molar refractivity (Wildman–Crippen MR) is 57.4 cm³/mol. The van der Waals surface area contributed by atoms with Gasteiger partial charge in [-0.1, -0.05) is 11.6 Å². The van der Waals surface area contributed by atoms with E-state index in [1.807, 2.05) is 6.07 Å². The van der Waals surface area contributed by atoms with Crippen LogP contribution in [-0.2, 0) is 0 Å². The minimum absolute atomic E-state index is 0.240. The monoisotopic (exact) mass is 219 g/mol. The molecule has 0 spiro atoms. The molecule has 4 heteroatoms. The Balaban J connectivity index is 2.35. The van der Waals surface area contributed by atoms with Crippen LogP contribution < -0.4 is 5.32 Å². The highest BCUT2D eigenvalue weighted by molar-refractivity contribution is 7.14. The quantitative estimate of drug-likeness (QED) is 0.746. The Morgan fingerprint density at radius 3 is 3.00 bits per heavy atom. The first-order valence-electron chi connectivity index (χ1n) is 4.32. The molecule has 1 atom stereocenters. The summed E-state index contributed by atoms with van der Waals surface area (Å²) in [5.41, 5.74) is 1.22. The van der Waals surface area contributed by atoms with Crippen LogP contribution in [-0.4, -0.2) is 18.3 Å². The summed E-state index contributed by atoms with van der Waals surface area (Å²) in [5.74, 6) is 0. The molecular weight excluding hydrogens is 206 g/mol. The Morgan fingerprint density at radius 1 is 1.69 bits per heavy atom. The molecule has 1 aromatic rings. The highest BCUT2D eigenvalue weighted by atomic mass is 35.5. The SMILES string of the molecule is CC(NCCCO)c1csc(Cl)c1. The first-order valence-corrected chi connectivity index (χ1v) is 5.58. The normalized spacial score (nSPS) is 13.2. The third-order valence-electron chi connectivity index (χ3n) is 1.87. The van der Waals surface area contributed by atoms with Crippen molar-refractivity contribution in [1.29, 1.82) is 0 Å². The van der Waals surface area contributed by atoms with E-state index in [9.17, 15) is 0 Å². The molecule has 1 rings (SSSR count). The Morgan fingerprint density at radius 2 is 2.46 bits per heavy atom. The van der Waals surface area contributed by atoms with Crippen LogP contribution in [0.1, 0.15) is 24.9 Å². The summed E-state index contributed by atoms with van der Waals surface area (Å²) in [5, 5.41) is 14.0. The number of rotatable bonds is 5. The third kappa shape index (κ3) is 3.65. The number of hydrogen-bond donors (Lipinski definition) is 2. The first kappa shape index (κ1) is 11.0. The summed E-state index contributed by atoms with van der Waals surface area (Å²) in [4.78, 5) is 0. The van der Waals surface area contributed by atoms with Crippen LogP contribution in [0.2, 0.25) is 4.34 Å². The van der Waals surface area contributed by atoms with Crippen molar-refractivity contribution in [1.82, 2.24) is 5.32 Å². The van der Waals surface area contributed by atoms with Crippen LogP contribution >= 0.6 is 22.9 Å². The maximum atomic E-state index is 8.59. The molecule has 0 aliphatic rings. The average molecular weight is 220 g/mol. The molecule has 0 bridgehead atoms. The topological polar surface area (TPSA) is 32.3 Å². The lowest BCUT2D eigenvalue weighted by Crippen LogP contribution is -2.20. The van der Waals surface area contributed by atoms with Crippen LogP contribution in [0.25, 0.3) is 0 Å². The molecule has 1 aromatic heterocycles. The number of halogens is 1. The number of thiophene rings is 1. The molecule has 0 saturated heterocycles. The average Bonchev–Trinajstić information content (AvgIpc) is 2.52. The van der Waals surface area contributed by atoms with Crippen LogP contribution in [0.5, 0.6) is 0 Å². The van der Waals surface area contributed by atoms with Crippen LogP contribution in [0.15, 0.2) is 11.4 Å². The maximum absolute atomic E-state index is 8.59. The Hall–Kier alpha value is -0.0900. The molecule has 1 heterocycles. The number of nitrogens with one attached hydrogen (secondary N) is 1. The molecular formula is C9H14ClNOS. The molecule has 0 aromatic carbocycles. The summed E-state index contributed by atoms with van der Waals surface area (Å²) >= 11 is 7.36. The smallest absolute Gasteiger partial charge is 0.0931 e. The van der Waals surface area contributed by atoms with Crippen LogP contribution in [0.4, 0.5) is 0 Å². The van der Waals surface area contributed by atoms with Gasteiger partial charge < -0.3 is 10.4 Å². The minimum atomic E-state index is 0.240. The van der Waals surface area contributed by atoms with Crippen molar-refractivity contribution in [2.45, 2.75) is 19.4 Å². The van der Waals surface area contributed by atoms with Gasteiger partial charge in [-0.05, 0) is 36.9 Å². The highest BCUT2D eigenvalue weighted by Crippen LogP contribution is 2.24. The summed E-state index contributed by atoms with van der Waals surface area (Å²) in [6.07, 6.45) is 0.794. The summed E-state index contributed by atoms with van der Waals surface area (Å²) in [6.45, 7) is 3.17. The Labute approximate surface area is 87.5 Å². The summed E-state index contributed by atoms with van der Waals surface area (Å²) in [7, 11) is 0. The van der Waals surface area contributed by atoms with E-state index in [1.165, 1.54) is 5.56 Å². The van der Waals surface area contributed by atoms with E-state index in [2.05, 4.69) is 17.6 Å². The van der Waals surface area contributed by atoms with Gasteiger partial charge in [0.15, 0.2) is 0 Å². The van der Waals surface area contributed by atoms with Gasteiger partial charge in [0, 0.05) is 12.6 Å². The van der Waals surface area contributed by atoms with Gasteiger partial charge in [-0.3, -0.25) is 0 Å². The highest BCUT2D eigenvalue weighted by Gasteiger charge is 2.05. The second-order valence-electron chi connectivity index (χ2n) is 2.94. The Bertz CT molecular complexity index is 252. The minimum Gasteiger partial charge on any atom is -0.396 e. The molecule has 74 valence electrons. The van der Waals surface area contributed by atoms with Crippen LogP contribution in [0.3, 0.4) is 0 Å². The van der Waals surface area contributed by atoms with Crippen molar-refractivity contribution in [3.63, 3.8) is 0 Å². The van der Waals surface area contributed by atoms with E-state index in [-0.39, 0.29) is 6.61 Å². The molecule has 0 aliphatic carbocycles.